The first-order valence-electron chi connectivity index (χ1n) is 6.09. The zero-order valence-electron chi connectivity index (χ0n) is 9.65. The molecule has 1 aromatic rings. The largest absolute Gasteiger partial charge is 0.399 e. The Hall–Kier alpha value is -1.22. The number of nitrogens with one attached hydrogen (secondary N) is 1. The summed E-state index contributed by atoms with van der Waals surface area (Å²) in [5.74, 6) is 0.765. The highest BCUT2D eigenvalue weighted by molar-refractivity contribution is 5.54. The van der Waals surface area contributed by atoms with Crippen molar-refractivity contribution in [3.05, 3.63) is 24.3 Å². The van der Waals surface area contributed by atoms with Crippen LogP contribution >= 0.6 is 0 Å². The molecule has 16 heavy (non-hydrogen) atoms. The molecule has 0 spiro atoms. The van der Waals surface area contributed by atoms with Crippen molar-refractivity contribution in [3.8, 4) is 0 Å². The average Bonchev–Trinajstić information content (AvgIpc) is 2.28. The maximum absolute atomic E-state index is 5.89. The summed E-state index contributed by atoms with van der Waals surface area (Å²) in [6.45, 7) is 1.04. The molecule has 0 unspecified atom stereocenters. The third kappa shape index (κ3) is 3.14. The van der Waals surface area contributed by atoms with Gasteiger partial charge in [0.1, 0.15) is 0 Å². The summed E-state index contributed by atoms with van der Waals surface area (Å²) in [4.78, 5) is 0. The van der Waals surface area contributed by atoms with Gasteiger partial charge in [0.05, 0.1) is 0 Å². The van der Waals surface area contributed by atoms with Gasteiger partial charge < -0.3 is 16.8 Å². The minimum Gasteiger partial charge on any atom is -0.399 e. The Kier molecular flexibility index (Phi) is 3.67. The van der Waals surface area contributed by atoms with Crippen LogP contribution in [0, 0.1) is 5.92 Å². The van der Waals surface area contributed by atoms with Crippen molar-refractivity contribution in [2.75, 3.05) is 17.6 Å². The Morgan fingerprint density at radius 2 is 1.94 bits per heavy atom. The molecule has 0 amide bonds. The number of benzene rings is 1. The standard InChI is InChI=1S/C13H21N3/c14-11-6-4-10(5-7-11)9-16-13-3-1-2-12(15)8-13/h1-3,8,10-11,16H,4-7,9,14-15H2/t10-,11-. The van der Waals surface area contributed by atoms with E-state index < -0.39 is 0 Å². The maximum Gasteiger partial charge on any atom is 0.0360 e. The van der Waals surface area contributed by atoms with Crippen molar-refractivity contribution in [3.63, 3.8) is 0 Å². The fourth-order valence-electron chi connectivity index (χ4n) is 2.30. The Morgan fingerprint density at radius 3 is 2.62 bits per heavy atom. The Morgan fingerprint density at radius 1 is 1.19 bits per heavy atom. The van der Waals surface area contributed by atoms with Crippen LogP contribution in [0.1, 0.15) is 25.7 Å². The van der Waals surface area contributed by atoms with E-state index in [4.69, 9.17) is 11.5 Å². The Balaban J connectivity index is 1.79. The first kappa shape index (κ1) is 11.3. The zero-order chi connectivity index (χ0) is 11.4. The molecular formula is C13H21N3. The molecule has 0 saturated heterocycles. The molecule has 0 heterocycles. The quantitative estimate of drug-likeness (QED) is 0.683. The fourth-order valence-corrected chi connectivity index (χ4v) is 2.30. The van der Waals surface area contributed by atoms with Gasteiger partial charge in [-0.1, -0.05) is 6.07 Å². The molecule has 3 nitrogen and oxygen atoms in total. The van der Waals surface area contributed by atoms with Crippen LogP contribution in [0.15, 0.2) is 24.3 Å². The lowest BCUT2D eigenvalue weighted by Gasteiger charge is -2.26. The Bertz CT molecular complexity index is 330. The van der Waals surface area contributed by atoms with Crippen LogP contribution < -0.4 is 16.8 Å². The maximum atomic E-state index is 5.89. The van der Waals surface area contributed by atoms with Gasteiger partial charge in [0.25, 0.3) is 0 Å². The van der Waals surface area contributed by atoms with Gasteiger partial charge in [-0.25, -0.2) is 0 Å². The molecule has 0 aromatic heterocycles. The highest BCUT2D eigenvalue weighted by atomic mass is 14.9. The molecular weight excluding hydrogens is 198 g/mol. The van der Waals surface area contributed by atoms with Crippen molar-refractivity contribution in [1.29, 1.82) is 0 Å². The molecule has 1 saturated carbocycles. The zero-order valence-corrected chi connectivity index (χ0v) is 9.65. The van der Waals surface area contributed by atoms with E-state index in [0.29, 0.717) is 6.04 Å². The molecule has 3 heteroatoms. The SMILES string of the molecule is Nc1cccc(NC[C@H]2CC[C@H](N)CC2)c1. The van der Waals surface area contributed by atoms with Crippen molar-refractivity contribution in [2.45, 2.75) is 31.7 Å². The van der Waals surface area contributed by atoms with Crippen LogP contribution in [0.5, 0.6) is 0 Å². The summed E-state index contributed by atoms with van der Waals surface area (Å²) in [6, 6.07) is 8.36. The summed E-state index contributed by atoms with van der Waals surface area (Å²) >= 11 is 0. The van der Waals surface area contributed by atoms with Gasteiger partial charge in [-0.3, -0.25) is 0 Å². The van der Waals surface area contributed by atoms with Crippen LogP contribution in [-0.2, 0) is 0 Å². The van der Waals surface area contributed by atoms with E-state index in [1.54, 1.807) is 0 Å². The topological polar surface area (TPSA) is 64.1 Å². The third-order valence-electron chi connectivity index (χ3n) is 3.37. The smallest absolute Gasteiger partial charge is 0.0360 e. The predicted molar refractivity (Wildman–Crippen MR) is 69.3 cm³/mol. The van der Waals surface area contributed by atoms with Gasteiger partial charge in [0.15, 0.2) is 0 Å². The molecule has 0 bridgehead atoms. The summed E-state index contributed by atoms with van der Waals surface area (Å²) < 4.78 is 0. The summed E-state index contributed by atoms with van der Waals surface area (Å²) in [5.41, 5.74) is 13.6. The van der Waals surface area contributed by atoms with Crippen LogP contribution in [0.25, 0.3) is 0 Å². The lowest BCUT2D eigenvalue weighted by atomic mass is 9.86. The first-order valence-corrected chi connectivity index (χ1v) is 6.09. The second kappa shape index (κ2) is 5.21. The second-order valence-electron chi connectivity index (χ2n) is 4.79. The molecule has 88 valence electrons. The molecule has 1 aromatic carbocycles. The minimum atomic E-state index is 0.434. The third-order valence-corrected chi connectivity index (χ3v) is 3.37. The number of nitrogen functional groups attached to an aromatic ring is 1. The number of anilines is 2. The molecule has 0 radical (unpaired) electrons. The van der Waals surface area contributed by atoms with Crippen molar-refractivity contribution in [2.24, 2.45) is 11.7 Å². The van der Waals surface area contributed by atoms with Crippen LogP contribution in [0.3, 0.4) is 0 Å². The highest BCUT2D eigenvalue weighted by Crippen LogP contribution is 2.23. The van der Waals surface area contributed by atoms with E-state index >= 15 is 0 Å². The van der Waals surface area contributed by atoms with E-state index in [1.165, 1.54) is 25.7 Å². The molecule has 1 aliphatic rings. The number of nitrogens with two attached hydrogens (primary N) is 2. The van der Waals surface area contributed by atoms with E-state index in [2.05, 4.69) is 11.4 Å². The van der Waals surface area contributed by atoms with Gasteiger partial charge in [0.2, 0.25) is 0 Å². The van der Waals surface area contributed by atoms with E-state index in [-0.39, 0.29) is 0 Å². The Labute approximate surface area is 97.2 Å². The molecule has 5 N–H and O–H groups in total. The van der Waals surface area contributed by atoms with Gasteiger partial charge in [-0.05, 0) is 49.8 Å². The summed E-state index contributed by atoms with van der Waals surface area (Å²) in [5, 5.41) is 3.45. The van der Waals surface area contributed by atoms with E-state index in [1.807, 2.05) is 18.2 Å². The van der Waals surface area contributed by atoms with Gasteiger partial charge >= 0.3 is 0 Å². The van der Waals surface area contributed by atoms with Crippen LogP contribution in [0.4, 0.5) is 11.4 Å². The number of rotatable bonds is 3. The van der Waals surface area contributed by atoms with Gasteiger partial charge in [-0.2, -0.15) is 0 Å². The molecule has 2 rings (SSSR count). The molecule has 1 aliphatic carbocycles. The first-order chi connectivity index (χ1) is 7.74. The van der Waals surface area contributed by atoms with Gasteiger partial charge in [-0.15, -0.1) is 0 Å². The van der Waals surface area contributed by atoms with E-state index in [0.717, 1.165) is 23.8 Å². The fraction of sp³-hybridized carbons (Fsp3) is 0.538. The summed E-state index contributed by atoms with van der Waals surface area (Å²) in [6.07, 6.45) is 4.83. The predicted octanol–water partition coefficient (Wildman–Crippen LogP) is 2.20. The number of hydrogen-bond acceptors (Lipinski definition) is 3. The lowest BCUT2D eigenvalue weighted by molar-refractivity contribution is 0.339. The van der Waals surface area contributed by atoms with Crippen LogP contribution in [-0.4, -0.2) is 12.6 Å². The number of hydrogen-bond donors (Lipinski definition) is 3. The minimum absolute atomic E-state index is 0.434. The lowest BCUT2D eigenvalue weighted by Crippen LogP contribution is -2.29. The monoisotopic (exact) mass is 219 g/mol. The highest BCUT2D eigenvalue weighted by Gasteiger charge is 2.17. The van der Waals surface area contributed by atoms with Gasteiger partial charge in [0, 0.05) is 24.0 Å². The molecule has 0 atom stereocenters. The van der Waals surface area contributed by atoms with Crippen molar-refractivity contribution in [1.82, 2.24) is 0 Å². The molecule has 0 aliphatic heterocycles. The van der Waals surface area contributed by atoms with E-state index in [9.17, 15) is 0 Å². The second-order valence-corrected chi connectivity index (χ2v) is 4.79. The summed E-state index contributed by atoms with van der Waals surface area (Å²) in [7, 11) is 0. The van der Waals surface area contributed by atoms with Crippen molar-refractivity contribution < 1.29 is 0 Å². The van der Waals surface area contributed by atoms with Crippen LogP contribution in [0.2, 0.25) is 0 Å². The van der Waals surface area contributed by atoms with Crippen molar-refractivity contribution >= 4 is 11.4 Å². The molecule has 1 fully saturated rings. The normalized spacial score (nSPS) is 25.3. The average molecular weight is 219 g/mol.